The molecule has 94 valence electrons. The summed E-state index contributed by atoms with van der Waals surface area (Å²) < 4.78 is 31.4. The molecular formula is C13H17F2NO. The molecule has 1 aromatic carbocycles. The fourth-order valence-corrected chi connectivity index (χ4v) is 2.28. The molecule has 1 aromatic rings. The van der Waals surface area contributed by atoms with E-state index in [0.717, 1.165) is 31.9 Å². The maximum Gasteiger partial charge on any atom is 0.126 e. The summed E-state index contributed by atoms with van der Waals surface area (Å²) in [5.41, 5.74) is 6.57. The molecular weight excluding hydrogens is 224 g/mol. The van der Waals surface area contributed by atoms with Crippen LogP contribution in [0.5, 0.6) is 0 Å². The molecule has 0 bridgehead atoms. The highest BCUT2D eigenvalue weighted by atomic mass is 19.1. The lowest BCUT2D eigenvalue weighted by atomic mass is 10.00. The summed E-state index contributed by atoms with van der Waals surface area (Å²) in [6.07, 6.45) is 3.55. The zero-order valence-electron chi connectivity index (χ0n) is 9.66. The molecule has 17 heavy (non-hydrogen) atoms. The van der Waals surface area contributed by atoms with Crippen LogP contribution in [-0.2, 0) is 11.2 Å². The largest absolute Gasteiger partial charge is 0.378 e. The average Bonchev–Trinajstić information content (AvgIpc) is 2.67. The van der Waals surface area contributed by atoms with Gasteiger partial charge in [-0.15, -0.1) is 0 Å². The quantitative estimate of drug-likeness (QED) is 0.878. The molecule has 0 aliphatic carbocycles. The molecule has 0 amide bonds. The molecule has 2 unspecified atom stereocenters. The van der Waals surface area contributed by atoms with Crippen LogP contribution in [0.3, 0.4) is 0 Å². The number of hydrogen-bond donors (Lipinski definition) is 1. The summed E-state index contributed by atoms with van der Waals surface area (Å²) in [5.74, 6) is -1.10. The molecule has 0 aromatic heterocycles. The minimum atomic E-state index is -0.552. The van der Waals surface area contributed by atoms with Gasteiger partial charge in [-0.1, -0.05) is 0 Å². The van der Waals surface area contributed by atoms with Crippen molar-refractivity contribution in [3.05, 3.63) is 35.4 Å². The number of ether oxygens (including phenoxy) is 1. The maximum atomic E-state index is 13.0. The first-order valence-electron chi connectivity index (χ1n) is 5.95. The zero-order valence-corrected chi connectivity index (χ0v) is 9.66. The predicted octanol–water partition coefficient (Wildman–Crippen LogP) is 2.40. The van der Waals surface area contributed by atoms with E-state index in [-0.39, 0.29) is 12.1 Å². The second-order valence-corrected chi connectivity index (χ2v) is 4.61. The Balaban J connectivity index is 1.90. The van der Waals surface area contributed by atoms with Crippen LogP contribution >= 0.6 is 0 Å². The van der Waals surface area contributed by atoms with Gasteiger partial charge in [-0.2, -0.15) is 0 Å². The van der Waals surface area contributed by atoms with Gasteiger partial charge < -0.3 is 10.5 Å². The summed E-state index contributed by atoms with van der Waals surface area (Å²) in [6.45, 7) is 0.798. The van der Waals surface area contributed by atoms with E-state index in [0.29, 0.717) is 12.0 Å². The average molecular weight is 241 g/mol. The summed E-state index contributed by atoms with van der Waals surface area (Å²) in [6, 6.07) is 3.42. The van der Waals surface area contributed by atoms with E-state index in [9.17, 15) is 8.78 Å². The molecule has 1 aliphatic heterocycles. The fraction of sp³-hybridized carbons (Fsp3) is 0.538. The number of nitrogens with two attached hydrogens (primary N) is 1. The Bertz CT molecular complexity index is 357. The van der Waals surface area contributed by atoms with Gasteiger partial charge in [0.05, 0.1) is 6.10 Å². The predicted molar refractivity (Wildman–Crippen MR) is 61.6 cm³/mol. The van der Waals surface area contributed by atoms with Crippen molar-refractivity contribution >= 4 is 0 Å². The molecule has 1 saturated heterocycles. The van der Waals surface area contributed by atoms with Crippen LogP contribution in [-0.4, -0.2) is 18.8 Å². The summed E-state index contributed by atoms with van der Waals surface area (Å²) in [4.78, 5) is 0. The van der Waals surface area contributed by atoms with E-state index in [1.807, 2.05) is 0 Å². The van der Waals surface area contributed by atoms with E-state index < -0.39 is 11.6 Å². The number of rotatable bonds is 4. The smallest absolute Gasteiger partial charge is 0.126 e. The number of halogens is 2. The Morgan fingerprint density at radius 2 is 2.00 bits per heavy atom. The molecule has 1 heterocycles. The Labute approximate surface area is 99.8 Å². The van der Waals surface area contributed by atoms with Gasteiger partial charge in [0.15, 0.2) is 0 Å². The van der Waals surface area contributed by atoms with Crippen molar-refractivity contribution in [2.45, 2.75) is 37.8 Å². The van der Waals surface area contributed by atoms with Crippen molar-refractivity contribution in [3.63, 3.8) is 0 Å². The van der Waals surface area contributed by atoms with Gasteiger partial charge in [-0.05, 0) is 43.4 Å². The fourth-order valence-electron chi connectivity index (χ4n) is 2.28. The first-order chi connectivity index (χ1) is 8.13. The lowest BCUT2D eigenvalue weighted by Crippen LogP contribution is -2.28. The molecule has 1 fully saturated rings. The van der Waals surface area contributed by atoms with Crippen molar-refractivity contribution < 1.29 is 13.5 Å². The van der Waals surface area contributed by atoms with Gasteiger partial charge in [0.25, 0.3) is 0 Å². The van der Waals surface area contributed by atoms with Crippen LogP contribution in [0, 0.1) is 11.6 Å². The van der Waals surface area contributed by atoms with Crippen LogP contribution in [0.15, 0.2) is 18.2 Å². The Morgan fingerprint density at radius 1 is 1.29 bits per heavy atom. The van der Waals surface area contributed by atoms with E-state index in [1.165, 1.54) is 12.1 Å². The normalized spacial score (nSPS) is 21.7. The van der Waals surface area contributed by atoms with Gasteiger partial charge in [-0.25, -0.2) is 8.78 Å². The minimum Gasteiger partial charge on any atom is -0.378 e. The zero-order chi connectivity index (χ0) is 12.3. The first-order valence-corrected chi connectivity index (χ1v) is 5.95. The highest BCUT2D eigenvalue weighted by molar-refractivity contribution is 5.18. The van der Waals surface area contributed by atoms with Crippen LogP contribution < -0.4 is 5.73 Å². The van der Waals surface area contributed by atoms with Crippen LogP contribution in [0.25, 0.3) is 0 Å². The lowest BCUT2D eigenvalue weighted by Gasteiger charge is -2.16. The molecule has 1 aliphatic rings. The summed E-state index contributed by atoms with van der Waals surface area (Å²) >= 11 is 0. The van der Waals surface area contributed by atoms with E-state index >= 15 is 0 Å². The summed E-state index contributed by atoms with van der Waals surface area (Å²) in [7, 11) is 0. The third-order valence-electron chi connectivity index (χ3n) is 3.01. The molecule has 0 saturated carbocycles. The van der Waals surface area contributed by atoms with Gasteiger partial charge >= 0.3 is 0 Å². The highest BCUT2D eigenvalue weighted by Gasteiger charge is 2.19. The highest BCUT2D eigenvalue weighted by Crippen LogP contribution is 2.18. The SMILES string of the molecule is NC(Cc1cc(F)cc(F)c1)CC1CCCO1. The van der Waals surface area contributed by atoms with Crippen LogP contribution in [0.2, 0.25) is 0 Å². The van der Waals surface area contributed by atoms with Crippen molar-refractivity contribution in [2.24, 2.45) is 5.73 Å². The second-order valence-electron chi connectivity index (χ2n) is 4.61. The van der Waals surface area contributed by atoms with Crippen molar-refractivity contribution in [3.8, 4) is 0 Å². The van der Waals surface area contributed by atoms with Crippen molar-refractivity contribution in [1.29, 1.82) is 0 Å². The van der Waals surface area contributed by atoms with Crippen molar-refractivity contribution in [2.75, 3.05) is 6.61 Å². The lowest BCUT2D eigenvalue weighted by molar-refractivity contribution is 0.0983. The van der Waals surface area contributed by atoms with Gasteiger partial charge in [0.2, 0.25) is 0 Å². The Kier molecular flexibility index (Phi) is 4.07. The first kappa shape index (κ1) is 12.5. The molecule has 2 N–H and O–H groups in total. The Morgan fingerprint density at radius 3 is 2.59 bits per heavy atom. The van der Waals surface area contributed by atoms with E-state index in [4.69, 9.17) is 10.5 Å². The standard InChI is InChI=1S/C13H17F2NO/c14-10-4-9(5-11(15)7-10)6-12(16)8-13-2-1-3-17-13/h4-5,7,12-13H,1-3,6,8,16H2. The molecule has 4 heteroatoms. The van der Waals surface area contributed by atoms with Gasteiger partial charge in [-0.3, -0.25) is 0 Å². The van der Waals surface area contributed by atoms with Crippen LogP contribution in [0.4, 0.5) is 8.78 Å². The molecule has 0 spiro atoms. The molecule has 2 rings (SSSR count). The van der Waals surface area contributed by atoms with Gasteiger partial charge in [0.1, 0.15) is 11.6 Å². The minimum absolute atomic E-state index is 0.112. The van der Waals surface area contributed by atoms with Crippen molar-refractivity contribution in [1.82, 2.24) is 0 Å². The second kappa shape index (κ2) is 5.56. The third-order valence-corrected chi connectivity index (χ3v) is 3.01. The van der Waals surface area contributed by atoms with E-state index in [2.05, 4.69) is 0 Å². The van der Waals surface area contributed by atoms with Gasteiger partial charge in [0, 0.05) is 18.7 Å². The number of hydrogen-bond acceptors (Lipinski definition) is 2. The monoisotopic (exact) mass is 241 g/mol. The van der Waals surface area contributed by atoms with E-state index in [1.54, 1.807) is 0 Å². The third kappa shape index (κ3) is 3.75. The van der Waals surface area contributed by atoms with Crippen LogP contribution in [0.1, 0.15) is 24.8 Å². The Hall–Kier alpha value is -1.00. The number of benzene rings is 1. The topological polar surface area (TPSA) is 35.2 Å². The molecule has 0 radical (unpaired) electrons. The maximum absolute atomic E-state index is 13.0. The molecule has 2 nitrogen and oxygen atoms in total. The molecule has 2 atom stereocenters. The summed E-state index contributed by atoms with van der Waals surface area (Å²) in [5, 5.41) is 0.